The van der Waals surface area contributed by atoms with Crippen LogP contribution in [0.15, 0.2) is 47.6 Å². The van der Waals surface area contributed by atoms with E-state index in [-0.39, 0.29) is 17.0 Å². The number of carbonyl (C=O) groups is 1. The number of hydrazone groups is 1. The van der Waals surface area contributed by atoms with Gasteiger partial charge in [0.15, 0.2) is 0 Å². The van der Waals surface area contributed by atoms with E-state index < -0.39 is 11.6 Å². The van der Waals surface area contributed by atoms with Gasteiger partial charge in [0.2, 0.25) is 5.91 Å². The lowest BCUT2D eigenvalue weighted by molar-refractivity contribution is -0.121. The zero-order valence-corrected chi connectivity index (χ0v) is 11.1. The second-order valence-electron chi connectivity index (χ2n) is 4.77. The maximum Gasteiger partial charge on any atom is 0.240 e. The van der Waals surface area contributed by atoms with E-state index in [2.05, 4.69) is 10.5 Å². The molecule has 0 spiro atoms. The standard InChI is InChI=1S/C16H12F2N2O/c17-13-4-2-1-3-11(13)12-6-5-10(9-14(12)18)15-7-8-16(21)20-19-15/h1-6,9H,7-8H2,(H,20,21). The molecule has 2 aromatic carbocycles. The normalized spacial score (nSPS) is 14.6. The Morgan fingerprint density at radius 2 is 1.71 bits per heavy atom. The van der Waals surface area contributed by atoms with E-state index in [0.717, 1.165) is 0 Å². The molecule has 1 aliphatic rings. The van der Waals surface area contributed by atoms with E-state index in [1.165, 1.54) is 24.3 Å². The van der Waals surface area contributed by atoms with Crippen molar-refractivity contribution in [1.82, 2.24) is 5.43 Å². The monoisotopic (exact) mass is 286 g/mol. The van der Waals surface area contributed by atoms with Crippen LogP contribution in [0, 0.1) is 11.6 Å². The lowest BCUT2D eigenvalue weighted by Crippen LogP contribution is -2.25. The number of nitrogens with one attached hydrogen (secondary N) is 1. The van der Waals surface area contributed by atoms with Gasteiger partial charge in [0.25, 0.3) is 0 Å². The van der Waals surface area contributed by atoms with Crippen LogP contribution in [0.5, 0.6) is 0 Å². The lowest BCUT2D eigenvalue weighted by Gasteiger charge is -2.13. The van der Waals surface area contributed by atoms with Gasteiger partial charge in [0, 0.05) is 29.5 Å². The number of halogens is 2. The van der Waals surface area contributed by atoms with E-state index in [1.807, 2.05) is 0 Å². The number of hydrogen-bond donors (Lipinski definition) is 1. The molecule has 0 radical (unpaired) electrons. The minimum atomic E-state index is -0.516. The Hall–Kier alpha value is -2.56. The molecule has 5 heteroatoms. The number of hydrogen-bond acceptors (Lipinski definition) is 2. The molecule has 0 bridgehead atoms. The first-order chi connectivity index (χ1) is 10.1. The molecular weight excluding hydrogens is 274 g/mol. The van der Waals surface area contributed by atoms with Crippen LogP contribution < -0.4 is 5.43 Å². The van der Waals surface area contributed by atoms with Crippen LogP contribution in [0.3, 0.4) is 0 Å². The van der Waals surface area contributed by atoms with E-state index in [9.17, 15) is 13.6 Å². The maximum atomic E-state index is 14.2. The van der Waals surface area contributed by atoms with Gasteiger partial charge in [-0.3, -0.25) is 4.79 Å². The highest BCUT2D eigenvalue weighted by molar-refractivity contribution is 6.04. The summed E-state index contributed by atoms with van der Waals surface area (Å²) in [5, 5.41) is 3.92. The van der Waals surface area contributed by atoms with Crippen LogP contribution in [-0.2, 0) is 4.79 Å². The van der Waals surface area contributed by atoms with Crippen LogP contribution in [0.4, 0.5) is 8.78 Å². The SMILES string of the molecule is O=C1CCC(c2ccc(-c3ccccc3F)c(F)c2)=NN1. The molecule has 3 rings (SSSR count). The second-order valence-corrected chi connectivity index (χ2v) is 4.77. The Morgan fingerprint density at radius 3 is 2.38 bits per heavy atom. The molecular formula is C16H12F2N2O. The molecule has 0 saturated carbocycles. The van der Waals surface area contributed by atoms with Crippen LogP contribution in [0.1, 0.15) is 18.4 Å². The van der Waals surface area contributed by atoms with E-state index in [4.69, 9.17) is 0 Å². The van der Waals surface area contributed by atoms with Crippen molar-refractivity contribution in [2.45, 2.75) is 12.8 Å². The molecule has 1 amide bonds. The van der Waals surface area contributed by atoms with Crippen molar-refractivity contribution in [3.63, 3.8) is 0 Å². The molecule has 1 heterocycles. The zero-order valence-electron chi connectivity index (χ0n) is 11.1. The van der Waals surface area contributed by atoms with E-state index in [1.54, 1.807) is 18.2 Å². The summed E-state index contributed by atoms with van der Waals surface area (Å²) in [4.78, 5) is 11.0. The average molecular weight is 286 g/mol. The highest BCUT2D eigenvalue weighted by atomic mass is 19.1. The molecule has 0 aromatic heterocycles. The van der Waals surface area contributed by atoms with Gasteiger partial charge in [0.1, 0.15) is 11.6 Å². The summed E-state index contributed by atoms with van der Waals surface area (Å²) < 4.78 is 28.0. The minimum Gasteiger partial charge on any atom is -0.273 e. The Bertz CT molecular complexity index is 741. The Kier molecular flexibility index (Phi) is 3.48. The molecule has 106 valence electrons. The minimum absolute atomic E-state index is 0.151. The van der Waals surface area contributed by atoms with Gasteiger partial charge in [0.05, 0.1) is 5.71 Å². The maximum absolute atomic E-state index is 14.2. The molecule has 0 unspecified atom stereocenters. The molecule has 2 aromatic rings. The summed E-state index contributed by atoms with van der Waals surface area (Å²) in [6.07, 6.45) is 0.792. The van der Waals surface area contributed by atoms with Crippen molar-refractivity contribution in [3.8, 4) is 11.1 Å². The molecule has 0 fully saturated rings. The summed E-state index contributed by atoms with van der Waals surface area (Å²) in [5.74, 6) is -1.13. The summed E-state index contributed by atoms with van der Waals surface area (Å²) in [5.41, 5.74) is 4.01. The fourth-order valence-corrected chi connectivity index (χ4v) is 2.28. The smallest absolute Gasteiger partial charge is 0.240 e. The number of carbonyl (C=O) groups excluding carboxylic acids is 1. The first-order valence-corrected chi connectivity index (χ1v) is 6.55. The van der Waals surface area contributed by atoms with Gasteiger partial charge in [-0.15, -0.1) is 0 Å². The topological polar surface area (TPSA) is 41.5 Å². The molecule has 0 atom stereocenters. The van der Waals surface area contributed by atoms with E-state index >= 15 is 0 Å². The van der Waals surface area contributed by atoms with Crippen molar-refractivity contribution in [3.05, 3.63) is 59.7 Å². The third kappa shape index (κ3) is 2.67. The summed E-state index contributed by atoms with van der Waals surface area (Å²) >= 11 is 0. The molecule has 1 aliphatic heterocycles. The predicted octanol–water partition coefficient (Wildman–Crippen LogP) is 3.25. The molecule has 1 N–H and O–H groups in total. The highest BCUT2D eigenvalue weighted by Crippen LogP contribution is 2.26. The van der Waals surface area contributed by atoms with Crippen LogP contribution in [-0.4, -0.2) is 11.6 Å². The third-order valence-electron chi connectivity index (χ3n) is 3.37. The quantitative estimate of drug-likeness (QED) is 0.904. The molecule has 21 heavy (non-hydrogen) atoms. The van der Waals surface area contributed by atoms with Crippen LogP contribution >= 0.6 is 0 Å². The number of amides is 1. The predicted molar refractivity (Wildman–Crippen MR) is 75.7 cm³/mol. The van der Waals surface area contributed by atoms with Gasteiger partial charge < -0.3 is 0 Å². The Labute approximate surface area is 120 Å². The van der Waals surface area contributed by atoms with Crippen molar-refractivity contribution in [2.75, 3.05) is 0 Å². The van der Waals surface area contributed by atoms with Crippen molar-refractivity contribution < 1.29 is 13.6 Å². The Balaban J connectivity index is 1.97. The van der Waals surface area contributed by atoms with Crippen molar-refractivity contribution in [1.29, 1.82) is 0 Å². The fraction of sp³-hybridized carbons (Fsp3) is 0.125. The summed E-state index contributed by atoms with van der Waals surface area (Å²) in [7, 11) is 0. The summed E-state index contributed by atoms with van der Waals surface area (Å²) in [6.45, 7) is 0. The van der Waals surface area contributed by atoms with Gasteiger partial charge in [-0.25, -0.2) is 14.2 Å². The van der Waals surface area contributed by atoms with Crippen molar-refractivity contribution >= 4 is 11.6 Å². The zero-order chi connectivity index (χ0) is 14.8. The van der Waals surface area contributed by atoms with Crippen LogP contribution in [0.2, 0.25) is 0 Å². The Morgan fingerprint density at radius 1 is 0.952 bits per heavy atom. The lowest BCUT2D eigenvalue weighted by atomic mass is 9.99. The number of benzene rings is 2. The largest absolute Gasteiger partial charge is 0.273 e. The first kappa shape index (κ1) is 13.4. The van der Waals surface area contributed by atoms with E-state index in [0.29, 0.717) is 24.1 Å². The van der Waals surface area contributed by atoms with Gasteiger partial charge in [-0.05, 0) is 12.1 Å². The third-order valence-corrected chi connectivity index (χ3v) is 3.37. The number of nitrogens with zero attached hydrogens (tertiary/aromatic N) is 1. The molecule has 0 aliphatic carbocycles. The average Bonchev–Trinajstić information content (AvgIpc) is 2.49. The molecule has 0 saturated heterocycles. The number of rotatable bonds is 2. The van der Waals surface area contributed by atoms with Crippen molar-refractivity contribution in [2.24, 2.45) is 5.10 Å². The summed E-state index contributed by atoms with van der Waals surface area (Å²) in [6, 6.07) is 10.6. The first-order valence-electron chi connectivity index (χ1n) is 6.55. The highest BCUT2D eigenvalue weighted by Gasteiger charge is 2.16. The van der Waals surface area contributed by atoms with Gasteiger partial charge >= 0.3 is 0 Å². The fourth-order valence-electron chi connectivity index (χ4n) is 2.28. The molecule has 3 nitrogen and oxygen atoms in total. The van der Waals surface area contributed by atoms with Crippen LogP contribution in [0.25, 0.3) is 11.1 Å². The van der Waals surface area contributed by atoms with Gasteiger partial charge in [-0.2, -0.15) is 5.10 Å². The van der Waals surface area contributed by atoms with Gasteiger partial charge in [-0.1, -0.05) is 30.3 Å². The second kappa shape index (κ2) is 5.44.